The number of anilines is 1. The predicted molar refractivity (Wildman–Crippen MR) is 97.8 cm³/mol. The molecule has 1 fully saturated rings. The van der Waals surface area contributed by atoms with Gasteiger partial charge in [0, 0.05) is 18.3 Å². The molecule has 1 aromatic heterocycles. The number of pyridine rings is 1. The summed E-state index contributed by atoms with van der Waals surface area (Å²) in [5.41, 5.74) is 1.10. The molecule has 2 N–H and O–H groups in total. The number of benzene rings is 1. The number of amides is 2. The van der Waals surface area contributed by atoms with Crippen LogP contribution in [0.5, 0.6) is 5.75 Å². The number of carbonyl (C=O) groups excluding carboxylic acids is 1. The van der Waals surface area contributed by atoms with Crippen molar-refractivity contribution in [1.29, 1.82) is 0 Å². The Morgan fingerprint density at radius 1 is 1.20 bits per heavy atom. The smallest absolute Gasteiger partial charge is 0.320 e. The van der Waals surface area contributed by atoms with Crippen LogP contribution < -0.4 is 15.4 Å². The third-order valence-electron chi connectivity index (χ3n) is 4.44. The number of aromatic nitrogens is 1. The number of urea groups is 1. The largest absolute Gasteiger partial charge is 0.496 e. The van der Waals surface area contributed by atoms with Crippen LogP contribution in [0.15, 0.2) is 48.7 Å². The minimum Gasteiger partial charge on any atom is -0.496 e. The van der Waals surface area contributed by atoms with E-state index >= 15 is 0 Å². The number of likely N-dealkylation sites (tertiary alicyclic amines) is 1. The standard InChI is InChI=1S/C19H24N4O2/c1-25-17-9-3-2-8-15(17)16(23-12-6-7-13-23)14-21-19(24)22-18-10-4-5-11-20-18/h2-5,8-11,16H,6-7,12-14H2,1H3,(H2,20,21,22,24). The number of carbonyl (C=O) groups is 1. The predicted octanol–water partition coefficient (Wildman–Crippen LogP) is 3.05. The average Bonchev–Trinajstić information content (AvgIpc) is 3.17. The van der Waals surface area contributed by atoms with Crippen molar-refractivity contribution in [3.8, 4) is 5.75 Å². The van der Waals surface area contributed by atoms with Crippen molar-refractivity contribution in [2.45, 2.75) is 18.9 Å². The lowest BCUT2D eigenvalue weighted by Gasteiger charge is -2.29. The molecule has 132 valence electrons. The van der Waals surface area contributed by atoms with Gasteiger partial charge in [-0.2, -0.15) is 0 Å². The SMILES string of the molecule is COc1ccccc1C(CNC(=O)Nc1ccccn1)N1CCCC1. The van der Waals surface area contributed by atoms with Gasteiger partial charge in [0.1, 0.15) is 11.6 Å². The average molecular weight is 340 g/mol. The van der Waals surface area contributed by atoms with E-state index in [1.807, 2.05) is 30.3 Å². The Morgan fingerprint density at radius 3 is 2.68 bits per heavy atom. The molecule has 0 saturated carbocycles. The quantitative estimate of drug-likeness (QED) is 0.848. The van der Waals surface area contributed by atoms with Gasteiger partial charge in [-0.15, -0.1) is 0 Å². The minimum absolute atomic E-state index is 0.0909. The Kier molecular flexibility index (Phi) is 5.85. The van der Waals surface area contributed by atoms with Gasteiger partial charge in [-0.3, -0.25) is 10.2 Å². The van der Waals surface area contributed by atoms with E-state index in [0.717, 1.165) is 24.4 Å². The van der Waals surface area contributed by atoms with Crippen LogP contribution in [-0.2, 0) is 0 Å². The molecule has 0 radical (unpaired) electrons. The molecule has 0 bridgehead atoms. The Balaban J connectivity index is 1.69. The second-order valence-corrected chi connectivity index (χ2v) is 6.05. The molecule has 1 unspecified atom stereocenters. The molecule has 2 aromatic rings. The van der Waals surface area contributed by atoms with Crippen molar-refractivity contribution in [1.82, 2.24) is 15.2 Å². The number of methoxy groups -OCH3 is 1. The van der Waals surface area contributed by atoms with E-state index < -0.39 is 0 Å². The zero-order valence-corrected chi connectivity index (χ0v) is 14.4. The topological polar surface area (TPSA) is 66.5 Å². The number of nitrogens with zero attached hydrogens (tertiary/aromatic N) is 2. The molecular weight excluding hydrogens is 316 g/mol. The lowest BCUT2D eigenvalue weighted by atomic mass is 10.0. The molecule has 1 saturated heterocycles. The first kappa shape index (κ1) is 17.2. The monoisotopic (exact) mass is 340 g/mol. The lowest BCUT2D eigenvalue weighted by Crippen LogP contribution is -2.38. The molecule has 6 nitrogen and oxygen atoms in total. The highest BCUT2D eigenvalue weighted by Gasteiger charge is 2.26. The second-order valence-electron chi connectivity index (χ2n) is 6.05. The number of hydrogen-bond donors (Lipinski definition) is 2. The van der Waals surface area contributed by atoms with Crippen molar-refractivity contribution in [2.24, 2.45) is 0 Å². The van der Waals surface area contributed by atoms with E-state index in [4.69, 9.17) is 4.74 Å². The van der Waals surface area contributed by atoms with Gasteiger partial charge in [0.05, 0.1) is 13.2 Å². The van der Waals surface area contributed by atoms with Crippen LogP contribution in [-0.4, -0.2) is 42.7 Å². The highest BCUT2D eigenvalue weighted by atomic mass is 16.5. The number of para-hydroxylation sites is 1. The molecule has 0 aliphatic carbocycles. The van der Waals surface area contributed by atoms with Crippen molar-refractivity contribution >= 4 is 11.8 Å². The molecule has 0 spiro atoms. The fourth-order valence-electron chi connectivity index (χ4n) is 3.22. The summed E-state index contributed by atoms with van der Waals surface area (Å²) in [6.07, 6.45) is 4.02. The summed E-state index contributed by atoms with van der Waals surface area (Å²) in [4.78, 5) is 18.7. The number of nitrogens with one attached hydrogen (secondary N) is 2. The zero-order valence-electron chi connectivity index (χ0n) is 14.4. The van der Waals surface area contributed by atoms with Crippen LogP contribution in [0.4, 0.5) is 10.6 Å². The minimum atomic E-state index is -0.252. The van der Waals surface area contributed by atoms with Crippen LogP contribution in [0.3, 0.4) is 0 Å². The molecule has 3 rings (SSSR count). The molecule has 1 aromatic carbocycles. The fourth-order valence-corrected chi connectivity index (χ4v) is 3.22. The van der Waals surface area contributed by atoms with E-state index in [1.54, 1.807) is 19.4 Å². The molecule has 1 aliphatic heterocycles. The first-order valence-electron chi connectivity index (χ1n) is 8.61. The third kappa shape index (κ3) is 4.48. The summed E-state index contributed by atoms with van der Waals surface area (Å²) in [6.45, 7) is 2.58. The summed E-state index contributed by atoms with van der Waals surface area (Å²) in [5, 5.41) is 5.73. The molecule has 2 amide bonds. The molecule has 6 heteroatoms. The van der Waals surface area contributed by atoms with E-state index in [1.165, 1.54) is 12.8 Å². The highest BCUT2D eigenvalue weighted by molar-refractivity contribution is 5.88. The summed E-state index contributed by atoms with van der Waals surface area (Å²) < 4.78 is 5.52. The number of ether oxygens (including phenoxy) is 1. The van der Waals surface area contributed by atoms with Gasteiger partial charge in [-0.25, -0.2) is 9.78 Å². The van der Waals surface area contributed by atoms with Crippen LogP contribution in [0, 0.1) is 0 Å². The van der Waals surface area contributed by atoms with Crippen LogP contribution >= 0.6 is 0 Å². The zero-order chi connectivity index (χ0) is 17.5. The second kappa shape index (κ2) is 8.48. The maximum absolute atomic E-state index is 12.2. The van der Waals surface area contributed by atoms with E-state index in [2.05, 4.69) is 26.6 Å². The van der Waals surface area contributed by atoms with Gasteiger partial charge in [0.2, 0.25) is 0 Å². The van der Waals surface area contributed by atoms with Gasteiger partial charge in [-0.1, -0.05) is 24.3 Å². The normalized spacial score (nSPS) is 15.6. The lowest BCUT2D eigenvalue weighted by molar-refractivity contribution is 0.224. The molecule has 2 heterocycles. The fraction of sp³-hybridized carbons (Fsp3) is 0.368. The Morgan fingerprint density at radius 2 is 1.96 bits per heavy atom. The van der Waals surface area contributed by atoms with Crippen molar-refractivity contribution in [3.63, 3.8) is 0 Å². The van der Waals surface area contributed by atoms with E-state index in [-0.39, 0.29) is 12.1 Å². The number of rotatable bonds is 6. The van der Waals surface area contributed by atoms with Gasteiger partial charge < -0.3 is 10.1 Å². The molecular formula is C19H24N4O2. The van der Waals surface area contributed by atoms with Gasteiger partial charge in [0.25, 0.3) is 0 Å². The first-order valence-corrected chi connectivity index (χ1v) is 8.61. The Bertz CT molecular complexity index is 687. The van der Waals surface area contributed by atoms with Gasteiger partial charge >= 0.3 is 6.03 Å². The van der Waals surface area contributed by atoms with Crippen LogP contribution in [0.2, 0.25) is 0 Å². The Hall–Kier alpha value is -2.60. The molecule has 1 aliphatic rings. The maximum Gasteiger partial charge on any atom is 0.320 e. The summed E-state index contributed by atoms with van der Waals surface area (Å²) >= 11 is 0. The number of hydrogen-bond acceptors (Lipinski definition) is 4. The van der Waals surface area contributed by atoms with Gasteiger partial charge in [0.15, 0.2) is 0 Å². The van der Waals surface area contributed by atoms with Crippen LogP contribution in [0.25, 0.3) is 0 Å². The summed E-state index contributed by atoms with van der Waals surface area (Å²) in [7, 11) is 1.68. The molecule has 1 atom stereocenters. The van der Waals surface area contributed by atoms with Crippen molar-refractivity contribution < 1.29 is 9.53 Å². The Labute approximate surface area is 148 Å². The molecule has 25 heavy (non-hydrogen) atoms. The summed E-state index contributed by atoms with van der Waals surface area (Å²) in [5.74, 6) is 1.39. The van der Waals surface area contributed by atoms with E-state index in [0.29, 0.717) is 12.4 Å². The highest BCUT2D eigenvalue weighted by Crippen LogP contribution is 2.31. The van der Waals surface area contributed by atoms with Crippen LogP contribution in [0.1, 0.15) is 24.4 Å². The first-order chi connectivity index (χ1) is 12.3. The van der Waals surface area contributed by atoms with E-state index in [9.17, 15) is 4.79 Å². The van der Waals surface area contributed by atoms with Gasteiger partial charge in [-0.05, 0) is 44.1 Å². The third-order valence-corrected chi connectivity index (χ3v) is 4.44. The van der Waals surface area contributed by atoms with Crippen molar-refractivity contribution in [2.75, 3.05) is 32.1 Å². The summed E-state index contributed by atoms with van der Waals surface area (Å²) in [6, 6.07) is 13.3. The van der Waals surface area contributed by atoms with Crippen molar-refractivity contribution in [3.05, 3.63) is 54.2 Å². The maximum atomic E-state index is 12.2.